The second kappa shape index (κ2) is 6.30. The molecule has 7 heteroatoms. The Labute approximate surface area is 149 Å². The van der Waals surface area contributed by atoms with Gasteiger partial charge in [-0.3, -0.25) is 4.79 Å². The van der Waals surface area contributed by atoms with Crippen LogP contribution >= 0.6 is 23.2 Å². The number of hydrogen-bond donors (Lipinski definition) is 0. The molecule has 2 aliphatic rings. The van der Waals surface area contributed by atoms with Crippen LogP contribution in [-0.4, -0.2) is 35.2 Å². The zero-order chi connectivity index (χ0) is 16.7. The van der Waals surface area contributed by atoms with Crippen LogP contribution in [-0.2, 0) is 0 Å². The van der Waals surface area contributed by atoms with Gasteiger partial charge in [-0.1, -0.05) is 28.4 Å². The molecule has 2 aromatic rings. The molecule has 1 aliphatic heterocycles. The van der Waals surface area contributed by atoms with E-state index < -0.39 is 0 Å². The maximum absolute atomic E-state index is 12.5. The van der Waals surface area contributed by atoms with E-state index in [1.165, 1.54) is 0 Å². The Kier molecular flexibility index (Phi) is 4.14. The summed E-state index contributed by atoms with van der Waals surface area (Å²) >= 11 is 11.9. The summed E-state index contributed by atoms with van der Waals surface area (Å²) in [6.07, 6.45) is 2.93. The van der Waals surface area contributed by atoms with Crippen molar-refractivity contribution in [3.05, 3.63) is 45.8 Å². The van der Waals surface area contributed by atoms with Gasteiger partial charge in [0.2, 0.25) is 0 Å². The minimum atomic E-state index is -0.106. The van der Waals surface area contributed by atoms with Crippen molar-refractivity contribution in [1.29, 1.82) is 0 Å². The summed E-state index contributed by atoms with van der Waals surface area (Å²) in [6, 6.07) is 6.94. The van der Waals surface area contributed by atoms with Gasteiger partial charge in [0.05, 0.1) is 16.6 Å². The number of hydrogen-bond acceptors (Lipinski definition) is 4. The molecule has 0 bridgehead atoms. The smallest absolute Gasteiger partial charge is 0.276 e. The van der Waals surface area contributed by atoms with E-state index in [0.717, 1.165) is 25.0 Å². The lowest BCUT2D eigenvalue weighted by Crippen LogP contribution is -2.31. The lowest BCUT2D eigenvalue weighted by Gasteiger charge is -2.16. The van der Waals surface area contributed by atoms with E-state index in [-0.39, 0.29) is 12.0 Å². The lowest BCUT2D eigenvalue weighted by molar-refractivity contribution is 0.0762. The zero-order valence-electron chi connectivity index (χ0n) is 12.9. The fourth-order valence-electron chi connectivity index (χ4n) is 2.86. The maximum atomic E-state index is 12.5. The van der Waals surface area contributed by atoms with Crippen LogP contribution in [0.15, 0.2) is 28.8 Å². The Morgan fingerprint density at radius 3 is 2.79 bits per heavy atom. The molecule has 5 nitrogen and oxygen atoms in total. The molecule has 1 aliphatic carbocycles. The van der Waals surface area contributed by atoms with Crippen LogP contribution in [0.4, 0.5) is 0 Å². The second-order valence-electron chi connectivity index (χ2n) is 6.24. The standard InChI is InChI=1S/C17H16Cl2N2O3/c18-13-4-3-11(7-14(13)19)23-12-5-6-21(9-12)17(22)15-8-16(24-20-15)10-1-2-10/h3-4,7-8,10,12H,1-2,5-6,9H2. The lowest BCUT2D eigenvalue weighted by atomic mass is 10.2. The summed E-state index contributed by atoms with van der Waals surface area (Å²) in [7, 11) is 0. The summed E-state index contributed by atoms with van der Waals surface area (Å²) in [5.74, 6) is 1.82. The largest absolute Gasteiger partial charge is 0.488 e. The monoisotopic (exact) mass is 366 g/mol. The fraction of sp³-hybridized carbons (Fsp3) is 0.412. The molecule has 2 heterocycles. The molecule has 0 N–H and O–H groups in total. The van der Waals surface area contributed by atoms with Crippen molar-refractivity contribution in [3.63, 3.8) is 0 Å². The molecule has 1 saturated heterocycles. The fourth-order valence-corrected chi connectivity index (χ4v) is 3.15. The first-order chi connectivity index (χ1) is 11.6. The number of nitrogens with zero attached hydrogens (tertiary/aromatic N) is 2. The molecule has 0 radical (unpaired) electrons. The molecule has 1 saturated carbocycles. The van der Waals surface area contributed by atoms with Gasteiger partial charge in [-0.25, -0.2) is 0 Å². The number of carbonyl (C=O) groups is 1. The van der Waals surface area contributed by atoms with Crippen LogP contribution in [0.3, 0.4) is 0 Å². The number of likely N-dealkylation sites (tertiary alicyclic amines) is 1. The molecule has 0 spiro atoms. The molecule has 1 aromatic heterocycles. The first kappa shape index (κ1) is 15.8. The van der Waals surface area contributed by atoms with E-state index >= 15 is 0 Å². The summed E-state index contributed by atoms with van der Waals surface area (Å²) < 4.78 is 11.2. The molecule has 1 aromatic carbocycles. The van der Waals surface area contributed by atoms with Crippen LogP contribution in [0, 0.1) is 0 Å². The zero-order valence-corrected chi connectivity index (χ0v) is 14.4. The van der Waals surface area contributed by atoms with Gasteiger partial charge in [-0.05, 0) is 25.0 Å². The second-order valence-corrected chi connectivity index (χ2v) is 7.06. The Balaban J connectivity index is 1.38. The molecule has 126 valence electrons. The highest BCUT2D eigenvalue weighted by Crippen LogP contribution is 2.40. The predicted molar refractivity (Wildman–Crippen MR) is 89.9 cm³/mol. The maximum Gasteiger partial charge on any atom is 0.276 e. The van der Waals surface area contributed by atoms with Gasteiger partial charge in [0.1, 0.15) is 17.6 Å². The van der Waals surface area contributed by atoms with Crippen LogP contribution in [0.2, 0.25) is 10.0 Å². The van der Waals surface area contributed by atoms with Crippen molar-refractivity contribution in [3.8, 4) is 5.75 Å². The average Bonchev–Trinajstić information content (AvgIpc) is 3.12. The van der Waals surface area contributed by atoms with Crippen molar-refractivity contribution in [2.45, 2.75) is 31.3 Å². The van der Waals surface area contributed by atoms with Crippen molar-refractivity contribution in [2.24, 2.45) is 0 Å². The summed E-state index contributed by atoms with van der Waals surface area (Å²) in [5, 5.41) is 4.86. The Morgan fingerprint density at radius 1 is 1.21 bits per heavy atom. The third kappa shape index (κ3) is 3.23. The molecular weight excluding hydrogens is 351 g/mol. The molecule has 24 heavy (non-hydrogen) atoms. The topological polar surface area (TPSA) is 55.6 Å². The Hall–Kier alpha value is -1.72. The van der Waals surface area contributed by atoms with Crippen molar-refractivity contribution in [1.82, 2.24) is 10.1 Å². The summed E-state index contributed by atoms with van der Waals surface area (Å²) in [6.45, 7) is 1.15. The van der Waals surface area contributed by atoms with Gasteiger partial charge in [0.25, 0.3) is 5.91 Å². The van der Waals surface area contributed by atoms with Gasteiger partial charge < -0.3 is 14.2 Å². The highest BCUT2D eigenvalue weighted by molar-refractivity contribution is 6.42. The van der Waals surface area contributed by atoms with Crippen molar-refractivity contribution >= 4 is 29.1 Å². The van der Waals surface area contributed by atoms with Gasteiger partial charge in [0, 0.05) is 31.0 Å². The van der Waals surface area contributed by atoms with Gasteiger partial charge >= 0.3 is 0 Å². The molecule has 1 atom stereocenters. The van der Waals surface area contributed by atoms with Gasteiger partial charge in [-0.2, -0.15) is 0 Å². The van der Waals surface area contributed by atoms with E-state index in [2.05, 4.69) is 5.16 Å². The van der Waals surface area contributed by atoms with Crippen LogP contribution in [0.1, 0.15) is 41.4 Å². The predicted octanol–water partition coefficient (Wildman–Crippen LogP) is 4.15. The van der Waals surface area contributed by atoms with Crippen LogP contribution in [0.5, 0.6) is 5.75 Å². The third-order valence-electron chi connectivity index (χ3n) is 4.35. The van der Waals surface area contributed by atoms with Gasteiger partial charge in [-0.15, -0.1) is 0 Å². The van der Waals surface area contributed by atoms with Gasteiger partial charge in [0.15, 0.2) is 5.69 Å². The summed E-state index contributed by atoms with van der Waals surface area (Å²) in [5.41, 5.74) is 0.382. The molecule has 4 rings (SSSR count). The number of rotatable bonds is 4. The van der Waals surface area contributed by atoms with E-state index in [9.17, 15) is 4.79 Å². The van der Waals surface area contributed by atoms with E-state index in [4.69, 9.17) is 32.5 Å². The highest BCUT2D eigenvalue weighted by atomic mass is 35.5. The molecule has 1 unspecified atom stereocenters. The number of carbonyl (C=O) groups excluding carboxylic acids is 1. The van der Waals surface area contributed by atoms with Crippen molar-refractivity contribution in [2.75, 3.05) is 13.1 Å². The molecule has 1 amide bonds. The SMILES string of the molecule is O=C(c1cc(C2CC2)on1)N1CCC(Oc2ccc(Cl)c(Cl)c2)C1. The van der Waals surface area contributed by atoms with Crippen molar-refractivity contribution < 1.29 is 14.1 Å². The van der Waals surface area contributed by atoms with Crippen LogP contribution < -0.4 is 4.74 Å². The normalized spacial score (nSPS) is 20.4. The number of halogens is 2. The number of ether oxygens (including phenoxy) is 1. The number of aromatic nitrogens is 1. The first-order valence-corrected chi connectivity index (χ1v) is 8.73. The third-order valence-corrected chi connectivity index (χ3v) is 5.09. The Bertz CT molecular complexity index is 773. The molecule has 2 fully saturated rings. The van der Waals surface area contributed by atoms with Crippen LogP contribution in [0.25, 0.3) is 0 Å². The van der Waals surface area contributed by atoms with E-state index in [0.29, 0.717) is 40.5 Å². The quantitative estimate of drug-likeness (QED) is 0.815. The molecular formula is C17H16Cl2N2O3. The highest BCUT2D eigenvalue weighted by Gasteiger charge is 2.32. The average molecular weight is 367 g/mol. The minimum absolute atomic E-state index is 0.0685. The Morgan fingerprint density at radius 2 is 2.04 bits per heavy atom. The number of benzene rings is 1. The summed E-state index contributed by atoms with van der Waals surface area (Å²) in [4.78, 5) is 14.3. The first-order valence-electron chi connectivity index (χ1n) is 7.98. The van der Waals surface area contributed by atoms with E-state index in [1.54, 1.807) is 29.2 Å². The van der Waals surface area contributed by atoms with E-state index in [1.807, 2.05) is 0 Å². The minimum Gasteiger partial charge on any atom is -0.488 e. The number of amides is 1.